The van der Waals surface area contributed by atoms with Gasteiger partial charge in [0.05, 0.1) is 6.10 Å². The molecule has 2 unspecified atom stereocenters. The van der Waals surface area contributed by atoms with Gasteiger partial charge in [-0.3, -0.25) is 0 Å². The summed E-state index contributed by atoms with van der Waals surface area (Å²) in [6.07, 6.45) is 5.50. The van der Waals surface area contributed by atoms with Crippen molar-refractivity contribution in [1.29, 1.82) is 0 Å². The van der Waals surface area contributed by atoms with E-state index in [9.17, 15) is 0 Å². The van der Waals surface area contributed by atoms with Crippen LogP contribution in [-0.4, -0.2) is 49.3 Å². The average Bonchev–Trinajstić information content (AvgIpc) is 2.37. The Morgan fingerprint density at radius 1 is 1.19 bits per heavy atom. The first kappa shape index (κ1) is 18.9. The minimum absolute atomic E-state index is 0.199. The van der Waals surface area contributed by atoms with Gasteiger partial charge in [0, 0.05) is 31.8 Å². The van der Waals surface area contributed by atoms with Crippen molar-refractivity contribution in [1.82, 2.24) is 10.2 Å². The van der Waals surface area contributed by atoms with Gasteiger partial charge < -0.3 is 15.0 Å². The molecular formula is C18H38N2O. The summed E-state index contributed by atoms with van der Waals surface area (Å²) in [5.74, 6) is 0. The Balaban J connectivity index is 2.55. The summed E-state index contributed by atoms with van der Waals surface area (Å²) >= 11 is 0. The summed E-state index contributed by atoms with van der Waals surface area (Å²) < 4.78 is 5.84. The third-order valence-corrected chi connectivity index (χ3v) is 4.37. The molecule has 1 aliphatic heterocycles. The summed E-state index contributed by atoms with van der Waals surface area (Å²) in [6, 6.07) is 0. The van der Waals surface area contributed by atoms with E-state index in [-0.39, 0.29) is 5.54 Å². The summed E-state index contributed by atoms with van der Waals surface area (Å²) in [5, 5.41) is 3.72. The summed E-state index contributed by atoms with van der Waals surface area (Å²) in [6.45, 7) is 19.1. The largest absolute Gasteiger partial charge is 0.377 e. The fourth-order valence-electron chi connectivity index (χ4n) is 3.37. The first-order chi connectivity index (χ1) is 9.78. The number of likely N-dealkylation sites (tertiary alicyclic amines) is 1. The molecule has 1 saturated heterocycles. The second-order valence-corrected chi connectivity index (χ2v) is 8.12. The van der Waals surface area contributed by atoms with Crippen molar-refractivity contribution in [2.75, 3.05) is 32.8 Å². The van der Waals surface area contributed by atoms with E-state index in [0.717, 1.165) is 19.7 Å². The van der Waals surface area contributed by atoms with Gasteiger partial charge >= 0.3 is 0 Å². The Morgan fingerprint density at radius 2 is 1.90 bits per heavy atom. The molecule has 1 fully saturated rings. The van der Waals surface area contributed by atoms with Crippen LogP contribution in [0.25, 0.3) is 0 Å². The second kappa shape index (κ2) is 8.50. The number of rotatable bonds is 8. The van der Waals surface area contributed by atoms with Gasteiger partial charge in [0.15, 0.2) is 0 Å². The highest BCUT2D eigenvalue weighted by Crippen LogP contribution is 2.27. The highest BCUT2D eigenvalue weighted by molar-refractivity contribution is 4.86. The third kappa shape index (κ3) is 7.62. The number of hydrogen-bond acceptors (Lipinski definition) is 3. The highest BCUT2D eigenvalue weighted by Gasteiger charge is 2.30. The van der Waals surface area contributed by atoms with Gasteiger partial charge in [0.25, 0.3) is 0 Å². The van der Waals surface area contributed by atoms with Crippen molar-refractivity contribution in [3.63, 3.8) is 0 Å². The van der Waals surface area contributed by atoms with E-state index in [1.54, 1.807) is 0 Å². The zero-order chi connectivity index (χ0) is 15.9. The molecule has 0 aromatic carbocycles. The van der Waals surface area contributed by atoms with Crippen molar-refractivity contribution in [3.05, 3.63) is 0 Å². The Morgan fingerprint density at radius 3 is 2.48 bits per heavy atom. The van der Waals surface area contributed by atoms with Crippen LogP contribution in [0, 0.1) is 5.41 Å². The van der Waals surface area contributed by atoms with Crippen LogP contribution in [0.3, 0.4) is 0 Å². The average molecular weight is 299 g/mol. The molecule has 0 aromatic heterocycles. The van der Waals surface area contributed by atoms with Crippen molar-refractivity contribution in [2.45, 2.75) is 78.9 Å². The number of nitrogens with zero attached hydrogens (tertiary/aromatic N) is 1. The zero-order valence-corrected chi connectivity index (χ0v) is 15.3. The lowest BCUT2D eigenvalue weighted by Gasteiger charge is -2.41. The highest BCUT2D eigenvalue weighted by atomic mass is 16.5. The molecule has 1 N–H and O–H groups in total. The summed E-state index contributed by atoms with van der Waals surface area (Å²) in [7, 11) is 0. The lowest BCUT2D eigenvalue weighted by Crippen LogP contribution is -2.50. The Hall–Kier alpha value is -0.120. The van der Waals surface area contributed by atoms with E-state index in [4.69, 9.17) is 4.74 Å². The van der Waals surface area contributed by atoms with Crippen LogP contribution in [0.1, 0.15) is 67.2 Å². The third-order valence-electron chi connectivity index (χ3n) is 4.37. The molecule has 0 aromatic rings. The molecule has 3 nitrogen and oxygen atoms in total. The van der Waals surface area contributed by atoms with Gasteiger partial charge in [0.2, 0.25) is 0 Å². The second-order valence-electron chi connectivity index (χ2n) is 8.12. The van der Waals surface area contributed by atoms with Crippen molar-refractivity contribution in [3.8, 4) is 0 Å². The van der Waals surface area contributed by atoms with Gasteiger partial charge in [-0.15, -0.1) is 0 Å². The van der Waals surface area contributed by atoms with Crippen molar-refractivity contribution < 1.29 is 4.74 Å². The van der Waals surface area contributed by atoms with E-state index in [1.807, 2.05) is 0 Å². The SMILES string of the molecule is CCCC(C)(CNC(C)(C)C)CN1CCCC(OCC)C1. The molecular weight excluding hydrogens is 260 g/mol. The fourth-order valence-corrected chi connectivity index (χ4v) is 3.37. The molecule has 0 saturated carbocycles. The van der Waals surface area contributed by atoms with Crippen LogP contribution in [0.4, 0.5) is 0 Å². The predicted molar refractivity (Wildman–Crippen MR) is 91.9 cm³/mol. The number of hydrogen-bond donors (Lipinski definition) is 1. The normalized spacial score (nSPS) is 24.0. The molecule has 1 heterocycles. The summed E-state index contributed by atoms with van der Waals surface area (Å²) in [5.41, 5.74) is 0.556. The maximum absolute atomic E-state index is 5.84. The lowest BCUT2D eigenvalue weighted by molar-refractivity contribution is -0.00663. The molecule has 0 spiro atoms. The molecule has 0 amide bonds. The Kier molecular flexibility index (Phi) is 7.66. The van der Waals surface area contributed by atoms with Gasteiger partial charge in [-0.05, 0) is 58.9 Å². The van der Waals surface area contributed by atoms with E-state index in [0.29, 0.717) is 11.5 Å². The van der Waals surface area contributed by atoms with Gasteiger partial charge in [-0.1, -0.05) is 20.3 Å². The Labute approximate surface area is 132 Å². The number of ether oxygens (including phenoxy) is 1. The molecule has 3 heteroatoms. The topological polar surface area (TPSA) is 24.5 Å². The van der Waals surface area contributed by atoms with Crippen LogP contribution >= 0.6 is 0 Å². The molecule has 126 valence electrons. The van der Waals surface area contributed by atoms with E-state index in [2.05, 4.69) is 51.8 Å². The standard InChI is InChI=1S/C18H38N2O/c1-7-11-18(6,14-19-17(3,4)5)15-20-12-9-10-16(13-20)21-8-2/h16,19H,7-15H2,1-6H3. The van der Waals surface area contributed by atoms with Gasteiger partial charge in [0.1, 0.15) is 0 Å². The summed E-state index contributed by atoms with van der Waals surface area (Å²) in [4.78, 5) is 2.63. The first-order valence-electron chi connectivity index (χ1n) is 8.87. The quantitative estimate of drug-likeness (QED) is 0.740. The van der Waals surface area contributed by atoms with Crippen molar-refractivity contribution in [2.24, 2.45) is 5.41 Å². The Bertz CT molecular complexity index is 285. The van der Waals surface area contributed by atoms with Crippen LogP contribution in [0.15, 0.2) is 0 Å². The minimum atomic E-state index is 0.199. The number of piperidine rings is 1. The maximum atomic E-state index is 5.84. The maximum Gasteiger partial charge on any atom is 0.0702 e. The zero-order valence-electron chi connectivity index (χ0n) is 15.3. The molecule has 21 heavy (non-hydrogen) atoms. The predicted octanol–water partition coefficient (Wildman–Crippen LogP) is 3.68. The van der Waals surface area contributed by atoms with E-state index in [1.165, 1.54) is 38.8 Å². The van der Waals surface area contributed by atoms with Crippen molar-refractivity contribution >= 4 is 0 Å². The van der Waals surface area contributed by atoms with Gasteiger partial charge in [-0.2, -0.15) is 0 Å². The van der Waals surface area contributed by atoms with Crippen LogP contribution in [0.5, 0.6) is 0 Å². The smallest absolute Gasteiger partial charge is 0.0702 e. The first-order valence-corrected chi connectivity index (χ1v) is 8.87. The molecule has 1 rings (SSSR count). The van der Waals surface area contributed by atoms with Crippen LogP contribution in [-0.2, 0) is 4.74 Å². The van der Waals surface area contributed by atoms with Gasteiger partial charge in [-0.25, -0.2) is 0 Å². The minimum Gasteiger partial charge on any atom is -0.377 e. The van der Waals surface area contributed by atoms with E-state index < -0.39 is 0 Å². The fraction of sp³-hybridized carbons (Fsp3) is 1.00. The molecule has 0 aliphatic carbocycles. The van der Waals surface area contributed by atoms with E-state index >= 15 is 0 Å². The lowest BCUT2D eigenvalue weighted by atomic mass is 9.83. The molecule has 2 atom stereocenters. The van der Waals surface area contributed by atoms with Crippen LogP contribution < -0.4 is 5.32 Å². The molecule has 1 aliphatic rings. The number of nitrogens with one attached hydrogen (secondary N) is 1. The molecule has 0 radical (unpaired) electrons. The van der Waals surface area contributed by atoms with Crippen LogP contribution in [0.2, 0.25) is 0 Å². The molecule has 0 bridgehead atoms. The monoisotopic (exact) mass is 298 g/mol.